The van der Waals surface area contributed by atoms with Crippen molar-refractivity contribution in [2.24, 2.45) is 66.1 Å². The van der Waals surface area contributed by atoms with Gasteiger partial charge >= 0.3 is 0 Å². The second-order valence-electron chi connectivity index (χ2n) is 50.9. The van der Waals surface area contributed by atoms with Gasteiger partial charge in [-0.25, -0.2) is 18.3 Å². The lowest BCUT2D eigenvalue weighted by atomic mass is 9.61. The van der Waals surface area contributed by atoms with Crippen molar-refractivity contribution in [3.05, 3.63) is 282 Å². The molecular formula is C134H172N8+4. The minimum absolute atomic E-state index is 0.488. The van der Waals surface area contributed by atoms with E-state index in [1.807, 2.05) is 0 Å². The summed E-state index contributed by atoms with van der Waals surface area (Å²) in [5.74, 6) is 6.28. The number of imidazole rings is 4. The Labute approximate surface area is 854 Å². The number of hydrogen-bond donors (Lipinski definition) is 0. The Bertz CT molecular complexity index is 6310. The van der Waals surface area contributed by atoms with Crippen LogP contribution in [0.4, 0.5) is 0 Å². The van der Waals surface area contributed by atoms with Gasteiger partial charge in [0, 0.05) is 44.5 Å². The molecule has 0 N–H and O–H groups in total. The Balaban J connectivity index is 0.000000105. The molecule has 0 aliphatic heterocycles. The average Bonchev–Trinajstić information content (AvgIpc) is 1.42. The number of nitrogens with zero attached hydrogens (tertiary/aromatic N) is 8. The van der Waals surface area contributed by atoms with Crippen molar-refractivity contribution >= 4 is 0 Å². The second kappa shape index (κ2) is 39.1. The van der Waals surface area contributed by atoms with E-state index in [-0.39, 0.29) is 0 Å². The third-order valence-corrected chi connectivity index (χ3v) is 41.3. The first kappa shape index (κ1) is 96.1. The lowest BCUT2D eigenvalue weighted by Crippen LogP contribution is -2.35. The molecule has 14 aliphatic carbocycles. The van der Waals surface area contributed by atoms with Gasteiger partial charge in [0.05, 0.1) is 50.4 Å². The van der Waals surface area contributed by atoms with Crippen LogP contribution in [0.25, 0.3) is 68.3 Å². The zero-order valence-electron chi connectivity index (χ0n) is 89.9. The fourth-order valence-electron chi connectivity index (χ4n) is 33.7. The maximum Gasteiger partial charge on any atom is 0.294 e. The van der Waals surface area contributed by atoms with Gasteiger partial charge in [0.25, 0.3) is 23.3 Å². The van der Waals surface area contributed by atoms with Crippen molar-refractivity contribution < 1.29 is 18.3 Å². The lowest BCUT2D eigenvalue weighted by Gasteiger charge is -2.44. The maximum absolute atomic E-state index is 2.75. The van der Waals surface area contributed by atoms with Crippen LogP contribution < -0.4 is 18.3 Å². The predicted molar refractivity (Wildman–Crippen MR) is 586 cm³/mol. The van der Waals surface area contributed by atoms with Gasteiger partial charge in [0.15, 0.2) is 0 Å². The van der Waals surface area contributed by atoms with Crippen LogP contribution in [0.1, 0.15) is 401 Å². The highest BCUT2D eigenvalue weighted by Crippen LogP contribution is 2.60. The minimum Gasteiger partial charge on any atom is -0.232 e. The normalized spacial score (nSPS) is 21.0. The molecule has 744 valence electrons. The molecule has 26 rings (SSSR count). The van der Waals surface area contributed by atoms with E-state index < -0.39 is 0 Å². The number of fused-ring (bicyclic) bond motifs is 7. The Morgan fingerprint density at radius 1 is 0.225 bits per heavy atom. The van der Waals surface area contributed by atoms with Crippen molar-refractivity contribution in [2.75, 3.05) is 0 Å². The van der Waals surface area contributed by atoms with Gasteiger partial charge in [-0.1, -0.05) is 240 Å². The summed E-state index contributed by atoms with van der Waals surface area (Å²) in [4.78, 5) is 0. The summed E-state index contributed by atoms with van der Waals surface area (Å²) < 4.78 is 19.7. The summed E-state index contributed by atoms with van der Waals surface area (Å²) in [5, 5.41) is 0. The summed E-state index contributed by atoms with van der Waals surface area (Å²) in [7, 11) is 8.87. The van der Waals surface area contributed by atoms with E-state index in [1.165, 1.54) is 419 Å². The largest absolute Gasteiger partial charge is 0.294 e. The first-order chi connectivity index (χ1) is 69.0. The fraction of sp³-hybridized carbons (Fsp3) is 0.552. The van der Waals surface area contributed by atoms with Gasteiger partial charge in [0.2, 0.25) is 0 Å². The average molecular weight is 1890 g/mol. The van der Waals surface area contributed by atoms with Crippen LogP contribution in [-0.2, 0) is 118 Å². The van der Waals surface area contributed by atoms with Crippen LogP contribution in [0.3, 0.4) is 0 Å². The molecule has 12 aromatic rings. The smallest absolute Gasteiger partial charge is 0.232 e. The van der Waals surface area contributed by atoms with Crippen molar-refractivity contribution in [3.8, 4) is 68.3 Å². The molecule has 7 fully saturated rings. The third-order valence-electron chi connectivity index (χ3n) is 41.3. The standard InChI is InChI=1S/2C35H45N2.C33H41N2.C31H41N2/c2*1-26-11-5-6-12-29(26)33-36(2)21-22-37(33)32-30-13-19-34(15-7-3-8-16-34)24-27(30)23-28-25-35(20-14-31(28)32)17-9-4-10-18-35;1-24-9-3-4-10-27(24)31-34(2)19-20-35(31)30-28-11-17-32(13-5-6-14-32)22-25(28)21-26-23-33(15-7-8-16-33)18-12-29(26)30;1-21(2)27-19-24-20-31(14-9-10-15-31)16-13-26(24)28(22(3)4)29(27)33-18-17-32(6)30(33)25-12-8-7-11-23(25)5/h2*5-6,11-12,21-23H,3-4,7-10,13-20,24-25H2,1-2H3;3-4,9-10,19-21H,5-8,11-18,22-23H2,1-2H3;7-8,11-12,17-19,21-22H,9-10,13-16,20H2,1-6H3/q4*+1. The van der Waals surface area contributed by atoms with E-state index in [2.05, 4.69) is 291 Å². The molecule has 7 spiro atoms. The second-order valence-corrected chi connectivity index (χ2v) is 50.9. The quantitative estimate of drug-likeness (QED) is 0.122. The maximum atomic E-state index is 2.75. The Morgan fingerprint density at radius 3 is 0.634 bits per heavy atom. The molecule has 4 heterocycles. The molecule has 0 amide bonds. The van der Waals surface area contributed by atoms with E-state index in [0.717, 1.165) is 0 Å². The summed E-state index contributed by atoms with van der Waals surface area (Å²) in [5.41, 5.74) is 47.8. The molecule has 8 aromatic carbocycles. The highest BCUT2D eigenvalue weighted by atomic mass is 15.2. The highest BCUT2D eigenvalue weighted by Gasteiger charge is 2.50. The number of benzene rings is 8. The third kappa shape index (κ3) is 17.8. The molecular weight excluding hydrogens is 1720 g/mol. The Hall–Kier alpha value is -9.40. The van der Waals surface area contributed by atoms with Gasteiger partial charge in [-0.15, -0.1) is 0 Å². The van der Waals surface area contributed by atoms with E-state index in [1.54, 1.807) is 101 Å². The Kier molecular flexibility index (Phi) is 26.5. The number of aryl methyl sites for hydroxylation is 8. The molecule has 0 radical (unpaired) electrons. The van der Waals surface area contributed by atoms with Crippen LogP contribution in [0.2, 0.25) is 0 Å². The molecule has 4 aromatic heterocycles. The SMILES string of the molecule is Cc1ccccc1-c1n(-c2c(C(C)C)cc3c(c2C(C)C)CCC2(CCCC2)C3)cc[n+]1C.Cc1ccccc1-c1n(-c2c3c(cc4c2CCC2(CCCC2)C4)CC2(CCCC2)CC3)cc[n+]1C.Cc1ccccc1-c1n(-c2c3c(cc4c2CCC2(CCCCC2)C4)CC2(CCCCC2)CC3)cc[n+]1C.Cc1ccccc1-c1n(-c2c3c(cc4c2CCC2(CCCCC2)C4)CC2(CCCCC2)CC3)cc[n+]1C. The van der Waals surface area contributed by atoms with E-state index in [4.69, 9.17) is 0 Å². The fourth-order valence-corrected chi connectivity index (χ4v) is 33.7. The van der Waals surface area contributed by atoms with Gasteiger partial charge < -0.3 is 0 Å². The topological polar surface area (TPSA) is 35.2 Å². The molecule has 8 heteroatoms. The first-order valence-corrected chi connectivity index (χ1v) is 58.2. The zero-order chi connectivity index (χ0) is 97.0. The van der Waals surface area contributed by atoms with Crippen molar-refractivity contribution in [2.45, 2.75) is 408 Å². The van der Waals surface area contributed by atoms with Gasteiger partial charge in [-0.05, 0) is 393 Å². The van der Waals surface area contributed by atoms with Gasteiger partial charge in [-0.2, -0.15) is 18.3 Å². The molecule has 0 unspecified atom stereocenters. The summed E-state index contributed by atoms with van der Waals surface area (Å²) in [6, 6.07) is 46.5. The van der Waals surface area contributed by atoms with Crippen LogP contribution in [-0.4, -0.2) is 18.3 Å². The lowest BCUT2D eigenvalue weighted by molar-refractivity contribution is -0.659. The summed E-state index contributed by atoms with van der Waals surface area (Å²) in [6.45, 7) is 18.6. The number of hydrogen-bond acceptors (Lipinski definition) is 0. The van der Waals surface area contributed by atoms with Gasteiger partial charge in [0.1, 0.15) is 72.3 Å². The predicted octanol–water partition coefficient (Wildman–Crippen LogP) is 31.3. The molecule has 142 heavy (non-hydrogen) atoms. The van der Waals surface area contributed by atoms with Crippen molar-refractivity contribution in [1.82, 2.24) is 18.3 Å². The van der Waals surface area contributed by atoms with E-state index in [0.29, 0.717) is 49.7 Å². The number of rotatable bonds is 10. The molecule has 0 bridgehead atoms. The van der Waals surface area contributed by atoms with E-state index >= 15 is 0 Å². The number of aromatic nitrogens is 8. The van der Waals surface area contributed by atoms with Crippen molar-refractivity contribution in [1.29, 1.82) is 0 Å². The summed E-state index contributed by atoms with van der Waals surface area (Å²) in [6.07, 6.45) is 92.6. The van der Waals surface area contributed by atoms with Crippen LogP contribution in [0, 0.1) is 65.6 Å². The highest BCUT2D eigenvalue weighted by molar-refractivity contribution is 5.71. The molecule has 0 saturated heterocycles. The molecule has 8 nitrogen and oxygen atoms in total. The zero-order valence-corrected chi connectivity index (χ0v) is 89.9. The van der Waals surface area contributed by atoms with E-state index in [9.17, 15) is 0 Å². The summed E-state index contributed by atoms with van der Waals surface area (Å²) >= 11 is 0. The molecule has 0 atom stereocenters. The first-order valence-electron chi connectivity index (χ1n) is 58.2. The monoisotopic (exact) mass is 1890 g/mol. The van der Waals surface area contributed by atoms with Crippen molar-refractivity contribution in [3.63, 3.8) is 0 Å². The van der Waals surface area contributed by atoms with Gasteiger partial charge in [-0.3, -0.25) is 0 Å². The van der Waals surface area contributed by atoms with Crippen LogP contribution in [0.5, 0.6) is 0 Å². The van der Waals surface area contributed by atoms with Crippen LogP contribution in [0.15, 0.2) is 171 Å². The molecule has 14 aliphatic rings. The molecule has 7 saturated carbocycles. The Morgan fingerprint density at radius 2 is 0.423 bits per heavy atom. The minimum atomic E-state index is 0.488. The van der Waals surface area contributed by atoms with Crippen LogP contribution >= 0.6 is 0 Å².